The summed E-state index contributed by atoms with van der Waals surface area (Å²) < 4.78 is 6.85. The van der Waals surface area contributed by atoms with Gasteiger partial charge in [-0.05, 0) is 19.9 Å². The molecular weight excluding hydrogens is 266 g/mol. The van der Waals surface area contributed by atoms with Crippen LogP contribution in [0.3, 0.4) is 0 Å². The highest BCUT2D eigenvalue weighted by molar-refractivity contribution is 6.03. The molecule has 1 atom stereocenters. The number of methoxy groups -OCH3 is 1. The van der Waals surface area contributed by atoms with Crippen LogP contribution in [0.1, 0.15) is 33.1 Å². The van der Waals surface area contributed by atoms with Crippen LogP contribution in [0.25, 0.3) is 0 Å². The molecule has 5 nitrogen and oxygen atoms in total. The molecular formula is C16H17N3O2. The van der Waals surface area contributed by atoms with Crippen molar-refractivity contribution < 1.29 is 9.53 Å². The molecule has 21 heavy (non-hydrogen) atoms. The average Bonchev–Trinajstić information content (AvgIpc) is 2.78. The van der Waals surface area contributed by atoms with Crippen molar-refractivity contribution in [2.24, 2.45) is 7.05 Å². The number of hydrogen-bond donors (Lipinski definition) is 0. The lowest BCUT2D eigenvalue weighted by atomic mass is 9.90. The number of aromatic nitrogens is 2. The van der Waals surface area contributed by atoms with E-state index in [2.05, 4.69) is 11.2 Å². The number of carbonyl (C=O) groups excluding carboxylic acids is 1. The van der Waals surface area contributed by atoms with Crippen LogP contribution < -0.4 is 4.74 Å². The molecule has 2 rings (SSSR count). The molecule has 0 aliphatic heterocycles. The third-order valence-corrected chi connectivity index (χ3v) is 3.37. The molecule has 0 N–H and O–H groups in total. The fraction of sp³-hybridized carbons (Fsp3) is 0.312. The van der Waals surface area contributed by atoms with Gasteiger partial charge in [0.1, 0.15) is 11.7 Å². The predicted molar refractivity (Wildman–Crippen MR) is 78.4 cm³/mol. The van der Waals surface area contributed by atoms with Crippen molar-refractivity contribution in [1.82, 2.24) is 9.78 Å². The summed E-state index contributed by atoms with van der Waals surface area (Å²) in [5, 5.41) is 13.6. The van der Waals surface area contributed by atoms with Crippen LogP contribution >= 0.6 is 0 Å². The maximum absolute atomic E-state index is 12.7. The van der Waals surface area contributed by atoms with Crippen molar-refractivity contribution in [1.29, 1.82) is 5.26 Å². The first-order chi connectivity index (χ1) is 9.97. The van der Waals surface area contributed by atoms with E-state index in [0.717, 1.165) is 5.56 Å². The van der Waals surface area contributed by atoms with Crippen LogP contribution in [0.15, 0.2) is 24.4 Å². The summed E-state index contributed by atoms with van der Waals surface area (Å²) in [7, 11) is 3.28. The second-order valence-corrected chi connectivity index (χ2v) is 4.97. The molecule has 1 unspecified atom stereocenters. The van der Waals surface area contributed by atoms with E-state index < -0.39 is 5.92 Å². The Morgan fingerprint density at radius 1 is 1.43 bits per heavy atom. The number of hydrogen-bond acceptors (Lipinski definition) is 4. The first-order valence-corrected chi connectivity index (χ1v) is 6.56. The third kappa shape index (κ3) is 2.79. The van der Waals surface area contributed by atoms with Crippen molar-refractivity contribution in [2.75, 3.05) is 7.11 Å². The molecule has 0 aliphatic carbocycles. The molecule has 1 heterocycles. The number of rotatable bonds is 4. The number of benzene rings is 1. The normalized spacial score (nSPS) is 11.8. The summed E-state index contributed by atoms with van der Waals surface area (Å²) in [4.78, 5) is 12.7. The highest BCUT2D eigenvalue weighted by Gasteiger charge is 2.27. The Kier molecular flexibility index (Phi) is 4.08. The Morgan fingerprint density at radius 3 is 2.67 bits per heavy atom. The fourth-order valence-corrected chi connectivity index (χ4v) is 2.35. The molecule has 1 aromatic carbocycles. The van der Waals surface area contributed by atoms with Crippen molar-refractivity contribution in [3.63, 3.8) is 0 Å². The second kappa shape index (κ2) is 5.80. The van der Waals surface area contributed by atoms with Crippen LogP contribution in [0.4, 0.5) is 0 Å². The number of nitrogens with zero attached hydrogens (tertiary/aromatic N) is 3. The van der Waals surface area contributed by atoms with Gasteiger partial charge in [-0.25, -0.2) is 0 Å². The van der Waals surface area contributed by atoms with Crippen molar-refractivity contribution in [3.05, 3.63) is 46.8 Å². The van der Waals surface area contributed by atoms with E-state index in [1.807, 2.05) is 19.1 Å². The lowest BCUT2D eigenvalue weighted by Crippen LogP contribution is -2.13. The number of carbonyl (C=O) groups is 1. The number of nitriles is 1. The Balaban J connectivity index is 2.50. The first kappa shape index (κ1) is 14.8. The van der Waals surface area contributed by atoms with Gasteiger partial charge in [0.25, 0.3) is 0 Å². The summed E-state index contributed by atoms with van der Waals surface area (Å²) in [6.45, 7) is 3.67. The quantitative estimate of drug-likeness (QED) is 0.809. The Bertz CT molecular complexity index is 726. The largest absolute Gasteiger partial charge is 0.496 e. The third-order valence-electron chi connectivity index (χ3n) is 3.37. The minimum Gasteiger partial charge on any atom is -0.496 e. The van der Waals surface area contributed by atoms with Crippen molar-refractivity contribution >= 4 is 5.78 Å². The van der Waals surface area contributed by atoms with Gasteiger partial charge in [0.05, 0.1) is 24.4 Å². The number of ether oxygens (including phenoxy) is 1. The summed E-state index contributed by atoms with van der Waals surface area (Å²) in [5.41, 5.74) is 2.65. The standard InChI is InChI=1S/C16H17N3O2/c1-10-5-6-15(21-4)12(7-10)13(8-17)16(20)14-9-19(3)18-11(14)2/h5-7,9,13H,1-4H3. The molecule has 108 valence electrons. The molecule has 0 saturated carbocycles. The molecule has 0 spiro atoms. The minimum absolute atomic E-state index is 0.257. The number of ketones is 1. The number of aryl methyl sites for hydroxylation is 3. The summed E-state index contributed by atoms with van der Waals surface area (Å²) >= 11 is 0. The summed E-state index contributed by atoms with van der Waals surface area (Å²) in [6, 6.07) is 7.57. The first-order valence-electron chi connectivity index (χ1n) is 6.56. The van der Waals surface area contributed by atoms with Crippen LogP contribution in [0.5, 0.6) is 5.75 Å². The maximum Gasteiger partial charge on any atom is 0.188 e. The molecule has 0 bridgehead atoms. The van der Waals surface area contributed by atoms with Crippen molar-refractivity contribution in [2.45, 2.75) is 19.8 Å². The monoisotopic (exact) mass is 283 g/mol. The smallest absolute Gasteiger partial charge is 0.188 e. The van der Waals surface area contributed by atoms with Crippen LogP contribution in [-0.2, 0) is 7.05 Å². The van der Waals surface area contributed by atoms with Gasteiger partial charge in [-0.15, -0.1) is 0 Å². The molecule has 0 fully saturated rings. The molecule has 1 aromatic heterocycles. The predicted octanol–water partition coefficient (Wildman–Crippen LogP) is 2.54. The fourth-order valence-electron chi connectivity index (χ4n) is 2.35. The van der Waals surface area contributed by atoms with E-state index >= 15 is 0 Å². The van der Waals surface area contributed by atoms with Crippen LogP contribution in [0.2, 0.25) is 0 Å². The van der Waals surface area contributed by atoms with Crippen LogP contribution in [-0.4, -0.2) is 22.7 Å². The van der Waals surface area contributed by atoms with Gasteiger partial charge < -0.3 is 4.74 Å². The van der Waals surface area contributed by atoms with E-state index in [1.54, 1.807) is 30.9 Å². The van der Waals surface area contributed by atoms with Gasteiger partial charge in [0, 0.05) is 18.8 Å². The minimum atomic E-state index is -0.900. The van der Waals surface area contributed by atoms with Gasteiger partial charge in [0.2, 0.25) is 0 Å². The summed E-state index contributed by atoms with van der Waals surface area (Å²) in [6.07, 6.45) is 1.64. The Hall–Kier alpha value is -2.61. The topological polar surface area (TPSA) is 67.9 Å². The molecule has 2 aromatic rings. The average molecular weight is 283 g/mol. The van der Waals surface area contributed by atoms with E-state index in [-0.39, 0.29) is 5.78 Å². The van der Waals surface area contributed by atoms with Gasteiger partial charge in [-0.1, -0.05) is 17.7 Å². The van der Waals surface area contributed by atoms with E-state index in [9.17, 15) is 10.1 Å². The number of Topliss-reactive ketones (excluding diaryl/α,β-unsaturated/α-hetero) is 1. The zero-order valence-corrected chi connectivity index (χ0v) is 12.5. The highest BCUT2D eigenvalue weighted by atomic mass is 16.5. The summed E-state index contributed by atoms with van der Waals surface area (Å²) in [5.74, 6) is -0.614. The molecule has 5 heteroatoms. The Labute approximate surface area is 123 Å². The zero-order valence-electron chi connectivity index (χ0n) is 12.5. The zero-order chi connectivity index (χ0) is 15.6. The van der Waals surface area contributed by atoms with Crippen molar-refractivity contribution in [3.8, 4) is 11.8 Å². The van der Waals surface area contributed by atoms with Gasteiger partial charge in [-0.3, -0.25) is 9.48 Å². The van der Waals surface area contributed by atoms with E-state index in [4.69, 9.17) is 4.74 Å². The second-order valence-electron chi connectivity index (χ2n) is 4.97. The highest BCUT2D eigenvalue weighted by Crippen LogP contribution is 2.30. The van der Waals surface area contributed by atoms with Gasteiger partial charge in [-0.2, -0.15) is 10.4 Å². The van der Waals surface area contributed by atoms with E-state index in [1.165, 1.54) is 7.11 Å². The van der Waals surface area contributed by atoms with Gasteiger partial charge >= 0.3 is 0 Å². The van der Waals surface area contributed by atoms with Crippen LogP contribution in [0, 0.1) is 25.2 Å². The SMILES string of the molecule is COc1ccc(C)cc1C(C#N)C(=O)c1cn(C)nc1C. The molecule has 0 aliphatic rings. The lowest BCUT2D eigenvalue weighted by Gasteiger charge is -2.13. The maximum atomic E-state index is 12.7. The molecule has 0 radical (unpaired) electrons. The Morgan fingerprint density at radius 2 is 2.14 bits per heavy atom. The van der Waals surface area contributed by atoms with Gasteiger partial charge in [0.15, 0.2) is 5.78 Å². The lowest BCUT2D eigenvalue weighted by molar-refractivity contribution is 0.0977. The van der Waals surface area contributed by atoms with E-state index in [0.29, 0.717) is 22.6 Å². The molecule has 0 saturated heterocycles. The molecule has 0 amide bonds.